The number of hydrogen-bond donors (Lipinski definition) is 2. The minimum atomic E-state index is -0.0421. The van der Waals surface area contributed by atoms with Gasteiger partial charge in [0.15, 0.2) is 0 Å². The highest BCUT2D eigenvalue weighted by Gasteiger charge is 2.13. The number of carbonyl (C=O) groups is 1. The maximum absolute atomic E-state index is 12.1. The smallest absolute Gasteiger partial charge is 0.240 e. The second-order valence-corrected chi connectivity index (χ2v) is 6.85. The fourth-order valence-electron chi connectivity index (χ4n) is 3.38. The molecule has 0 unspecified atom stereocenters. The predicted molar refractivity (Wildman–Crippen MR) is 97.2 cm³/mol. The number of imidazole rings is 1. The molecule has 6 heteroatoms. The SMILES string of the molecule is O=C(Cn1c(Cl)nc2ccccc21)NCCNCC1CCCCC1. The largest absolute Gasteiger partial charge is 0.353 e. The van der Waals surface area contributed by atoms with E-state index in [2.05, 4.69) is 15.6 Å². The lowest BCUT2D eigenvalue weighted by atomic mass is 9.89. The second-order valence-electron chi connectivity index (χ2n) is 6.51. The number of aromatic nitrogens is 2. The summed E-state index contributed by atoms with van der Waals surface area (Å²) in [5.74, 6) is 0.769. The van der Waals surface area contributed by atoms with Crippen LogP contribution in [0.15, 0.2) is 24.3 Å². The van der Waals surface area contributed by atoms with Gasteiger partial charge in [0.05, 0.1) is 11.0 Å². The summed E-state index contributed by atoms with van der Waals surface area (Å²) in [5.41, 5.74) is 1.69. The summed E-state index contributed by atoms with van der Waals surface area (Å²) in [6, 6.07) is 7.65. The molecule has 0 saturated heterocycles. The van der Waals surface area contributed by atoms with Gasteiger partial charge < -0.3 is 15.2 Å². The number of nitrogens with one attached hydrogen (secondary N) is 2. The Hall–Kier alpha value is -1.59. The highest BCUT2D eigenvalue weighted by Crippen LogP contribution is 2.22. The van der Waals surface area contributed by atoms with Crippen LogP contribution in [0.3, 0.4) is 0 Å². The molecule has 1 heterocycles. The fourth-order valence-corrected chi connectivity index (χ4v) is 3.63. The molecule has 1 amide bonds. The van der Waals surface area contributed by atoms with E-state index in [4.69, 9.17) is 11.6 Å². The van der Waals surface area contributed by atoms with Crippen molar-refractivity contribution in [2.75, 3.05) is 19.6 Å². The number of rotatable bonds is 7. The zero-order valence-corrected chi connectivity index (χ0v) is 14.7. The Labute approximate surface area is 147 Å². The van der Waals surface area contributed by atoms with Gasteiger partial charge in [-0.3, -0.25) is 4.79 Å². The summed E-state index contributed by atoms with van der Waals surface area (Å²) in [6.45, 7) is 2.70. The van der Waals surface area contributed by atoms with E-state index in [1.165, 1.54) is 32.1 Å². The molecule has 3 rings (SSSR count). The lowest BCUT2D eigenvalue weighted by Gasteiger charge is -2.21. The first-order chi connectivity index (χ1) is 11.7. The normalized spacial score (nSPS) is 15.7. The van der Waals surface area contributed by atoms with Gasteiger partial charge in [-0.15, -0.1) is 0 Å². The molecule has 2 N–H and O–H groups in total. The van der Waals surface area contributed by atoms with Gasteiger partial charge >= 0.3 is 0 Å². The topological polar surface area (TPSA) is 59.0 Å². The summed E-state index contributed by atoms with van der Waals surface area (Å²) >= 11 is 6.14. The molecule has 1 aromatic heterocycles. The van der Waals surface area contributed by atoms with Crippen LogP contribution in [0.4, 0.5) is 0 Å². The third-order valence-electron chi connectivity index (χ3n) is 4.69. The number of amides is 1. The molecule has 0 bridgehead atoms. The van der Waals surface area contributed by atoms with E-state index >= 15 is 0 Å². The zero-order valence-electron chi connectivity index (χ0n) is 13.9. The Morgan fingerprint density at radius 2 is 2.00 bits per heavy atom. The lowest BCUT2D eigenvalue weighted by molar-refractivity contribution is -0.121. The first-order valence-electron chi connectivity index (χ1n) is 8.82. The number of halogens is 1. The predicted octanol–water partition coefficient (Wildman–Crippen LogP) is 2.98. The third-order valence-corrected chi connectivity index (χ3v) is 4.98. The van der Waals surface area contributed by atoms with Crippen molar-refractivity contribution in [3.05, 3.63) is 29.5 Å². The van der Waals surface area contributed by atoms with Crippen LogP contribution in [0.25, 0.3) is 11.0 Å². The quantitative estimate of drug-likeness (QED) is 0.756. The molecule has 2 aromatic rings. The van der Waals surface area contributed by atoms with Gasteiger partial charge in [0.25, 0.3) is 0 Å². The Balaban J connectivity index is 1.40. The van der Waals surface area contributed by atoms with E-state index in [0.717, 1.165) is 30.0 Å². The number of para-hydroxylation sites is 2. The molecule has 5 nitrogen and oxygen atoms in total. The average molecular weight is 349 g/mol. The molecule has 130 valence electrons. The highest BCUT2D eigenvalue weighted by atomic mass is 35.5. The Morgan fingerprint density at radius 1 is 1.21 bits per heavy atom. The number of nitrogens with zero attached hydrogens (tertiary/aromatic N) is 2. The van der Waals surface area contributed by atoms with Crippen LogP contribution < -0.4 is 10.6 Å². The summed E-state index contributed by atoms with van der Waals surface area (Å²) in [6.07, 6.45) is 6.79. The standard InChI is InChI=1S/C18H25ClN4O/c19-18-22-15-8-4-5-9-16(15)23(18)13-17(24)21-11-10-20-12-14-6-2-1-3-7-14/h4-5,8-9,14,20H,1-3,6-7,10-13H2,(H,21,24). The summed E-state index contributed by atoms with van der Waals surface area (Å²) < 4.78 is 1.74. The molecule has 0 aliphatic heterocycles. The summed E-state index contributed by atoms with van der Waals surface area (Å²) in [4.78, 5) is 16.4. The lowest BCUT2D eigenvalue weighted by Crippen LogP contribution is -2.35. The molecule has 1 saturated carbocycles. The number of benzene rings is 1. The van der Waals surface area contributed by atoms with Crippen molar-refractivity contribution in [1.29, 1.82) is 0 Å². The molecule has 1 fully saturated rings. The Bertz CT molecular complexity index is 679. The molecule has 1 aliphatic carbocycles. The monoisotopic (exact) mass is 348 g/mol. The zero-order chi connectivity index (χ0) is 16.8. The molecule has 0 spiro atoms. The maximum atomic E-state index is 12.1. The van der Waals surface area contributed by atoms with Gasteiger partial charge in [-0.25, -0.2) is 4.98 Å². The molecule has 1 aromatic carbocycles. The fraction of sp³-hybridized carbons (Fsp3) is 0.556. The van der Waals surface area contributed by atoms with E-state index < -0.39 is 0 Å². The number of fused-ring (bicyclic) bond motifs is 1. The van der Waals surface area contributed by atoms with E-state index in [1.807, 2.05) is 24.3 Å². The average Bonchev–Trinajstić information content (AvgIpc) is 2.91. The highest BCUT2D eigenvalue weighted by molar-refractivity contribution is 6.29. The van der Waals surface area contributed by atoms with Crippen molar-refractivity contribution in [2.24, 2.45) is 5.92 Å². The number of hydrogen-bond acceptors (Lipinski definition) is 3. The minimum Gasteiger partial charge on any atom is -0.353 e. The minimum absolute atomic E-state index is 0.0421. The van der Waals surface area contributed by atoms with Gasteiger partial charge in [-0.05, 0) is 49.0 Å². The number of carbonyl (C=O) groups excluding carboxylic acids is 1. The van der Waals surface area contributed by atoms with Crippen molar-refractivity contribution >= 4 is 28.5 Å². The molecular formula is C18H25ClN4O. The Morgan fingerprint density at radius 3 is 2.83 bits per heavy atom. The van der Waals surface area contributed by atoms with Crippen molar-refractivity contribution in [3.8, 4) is 0 Å². The van der Waals surface area contributed by atoms with Crippen LogP contribution in [-0.2, 0) is 11.3 Å². The molecule has 0 atom stereocenters. The first-order valence-corrected chi connectivity index (χ1v) is 9.20. The van der Waals surface area contributed by atoms with Crippen LogP contribution in [0.2, 0.25) is 5.28 Å². The maximum Gasteiger partial charge on any atom is 0.240 e. The second kappa shape index (κ2) is 8.49. The van der Waals surface area contributed by atoms with Gasteiger partial charge in [0.2, 0.25) is 11.2 Å². The van der Waals surface area contributed by atoms with Gasteiger partial charge in [-0.2, -0.15) is 0 Å². The van der Waals surface area contributed by atoms with E-state index in [0.29, 0.717) is 11.8 Å². The van der Waals surface area contributed by atoms with Crippen molar-refractivity contribution < 1.29 is 4.79 Å². The molecule has 0 radical (unpaired) electrons. The summed E-state index contributed by atoms with van der Waals surface area (Å²) in [7, 11) is 0. The van der Waals surface area contributed by atoms with Crippen LogP contribution in [-0.4, -0.2) is 35.1 Å². The van der Waals surface area contributed by atoms with E-state index in [9.17, 15) is 4.79 Å². The first kappa shape index (κ1) is 17.2. The molecule has 24 heavy (non-hydrogen) atoms. The van der Waals surface area contributed by atoms with Gasteiger partial charge in [0, 0.05) is 13.1 Å². The summed E-state index contributed by atoms with van der Waals surface area (Å²) in [5, 5.41) is 6.74. The van der Waals surface area contributed by atoms with Crippen LogP contribution in [0.5, 0.6) is 0 Å². The van der Waals surface area contributed by atoms with E-state index in [-0.39, 0.29) is 12.5 Å². The van der Waals surface area contributed by atoms with Crippen LogP contribution >= 0.6 is 11.6 Å². The molecule has 1 aliphatic rings. The van der Waals surface area contributed by atoms with Gasteiger partial charge in [-0.1, -0.05) is 31.4 Å². The van der Waals surface area contributed by atoms with Crippen molar-refractivity contribution in [3.63, 3.8) is 0 Å². The van der Waals surface area contributed by atoms with Gasteiger partial charge in [0.1, 0.15) is 6.54 Å². The third kappa shape index (κ3) is 4.48. The van der Waals surface area contributed by atoms with E-state index in [1.54, 1.807) is 4.57 Å². The van der Waals surface area contributed by atoms with Crippen LogP contribution in [0.1, 0.15) is 32.1 Å². The van der Waals surface area contributed by atoms with Crippen molar-refractivity contribution in [2.45, 2.75) is 38.6 Å². The Kier molecular flexibility index (Phi) is 6.10. The van der Waals surface area contributed by atoms with Crippen molar-refractivity contribution in [1.82, 2.24) is 20.2 Å². The molecular weight excluding hydrogens is 324 g/mol. The van der Waals surface area contributed by atoms with Crippen LogP contribution in [0, 0.1) is 5.92 Å².